The summed E-state index contributed by atoms with van der Waals surface area (Å²) in [5, 5.41) is 7.39. The fraction of sp³-hybridized carbons (Fsp3) is 0.267. The highest BCUT2D eigenvalue weighted by molar-refractivity contribution is 14.1. The number of ether oxygens (including phenoxy) is 1. The molecule has 0 amide bonds. The minimum atomic E-state index is -0.342. The monoisotopic (exact) mass is 410 g/mol. The number of hydrogen-bond acceptors (Lipinski definition) is 5. The summed E-state index contributed by atoms with van der Waals surface area (Å²) < 4.78 is 8.01. The van der Waals surface area contributed by atoms with Crippen molar-refractivity contribution in [1.29, 1.82) is 0 Å². The molecule has 114 valence electrons. The number of rotatable bonds is 3. The first-order valence-corrected chi connectivity index (χ1v) is 8.00. The molecule has 0 bridgehead atoms. The van der Waals surface area contributed by atoms with Gasteiger partial charge < -0.3 is 10.1 Å². The Hall–Kier alpha value is -1.90. The molecular formula is C15H15IN4O2. The van der Waals surface area contributed by atoms with Gasteiger partial charge in [-0.2, -0.15) is 10.1 Å². The summed E-state index contributed by atoms with van der Waals surface area (Å²) in [7, 11) is 0. The summed E-state index contributed by atoms with van der Waals surface area (Å²) >= 11 is 2.26. The van der Waals surface area contributed by atoms with Crippen molar-refractivity contribution < 1.29 is 9.53 Å². The van der Waals surface area contributed by atoms with Crippen LogP contribution in [0, 0.1) is 3.57 Å². The highest BCUT2D eigenvalue weighted by Crippen LogP contribution is 2.36. The molecule has 7 heteroatoms. The maximum Gasteiger partial charge on any atom is 0.338 e. The van der Waals surface area contributed by atoms with E-state index >= 15 is 0 Å². The van der Waals surface area contributed by atoms with Gasteiger partial charge in [0.05, 0.1) is 12.2 Å². The van der Waals surface area contributed by atoms with E-state index in [9.17, 15) is 4.79 Å². The molecular weight excluding hydrogens is 395 g/mol. The predicted octanol–water partition coefficient (Wildman–Crippen LogP) is 2.73. The molecule has 6 nitrogen and oxygen atoms in total. The molecule has 0 aliphatic carbocycles. The molecule has 0 radical (unpaired) electrons. The smallest absolute Gasteiger partial charge is 0.338 e. The van der Waals surface area contributed by atoms with Gasteiger partial charge in [0.25, 0.3) is 0 Å². The van der Waals surface area contributed by atoms with Crippen LogP contribution in [0.1, 0.15) is 25.5 Å². The van der Waals surface area contributed by atoms with Crippen LogP contribution in [0.2, 0.25) is 0 Å². The van der Waals surface area contributed by atoms with Crippen molar-refractivity contribution in [1.82, 2.24) is 14.8 Å². The summed E-state index contributed by atoms with van der Waals surface area (Å²) in [6.07, 6.45) is 1.48. The van der Waals surface area contributed by atoms with E-state index in [2.05, 4.69) is 38.0 Å². The number of allylic oxidation sites excluding steroid dienone is 1. The Morgan fingerprint density at radius 1 is 1.45 bits per heavy atom. The number of aromatic nitrogens is 3. The lowest BCUT2D eigenvalue weighted by Gasteiger charge is -2.28. The summed E-state index contributed by atoms with van der Waals surface area (Å²) in [6.45, 7) is 3.98. The minimum absolute atomic E-state index is 0.332. The standard InChI is InChI=1S/C15H15IN4O2/c1-3-22-14(21)12-9(2)19-15-17-8-18-20(15)13(12)10-6-4-5-7-11(10)16/h4-8,13H,3H2,1-2H3,(H,17,18,19). The number of hydrogen-bond donors (Lipinski definition) is 1. The Bertz CT molecular complexity index is 754. The lowest BCUT2D eigenvalue weighted by molar-refractivity contribution is -0.139. The van der Waals surface area contributed by atoms with Crippen molar-refractivity contribution in [2.75, 3.05) is 11.9 Å². The van der Waals surface area contributed by atoms with Crippen molar-refractivity contribution in [3.8, 4) is 0 Å². The van der Waals surface area contributed by atoms with Crippen LogP contribution in [0.25, 0.3) is 0 Å². The number of carbonyl (C=O) groups excluding carboxylic acids is 1. The Morgan fingerprint density at radius 2 is 2.23 bits per heavy atom. The minimum Gasteiger partial charge on any atom is -0.463 e. The van der Waals surface area contributed by atoms with Gasteiger partial charge in [-0.05, 0) is 48.1 Å². The van der Waals surface area contributed by atoms with E-state index in [1.807, 2.05) is 31.2 Å². The molecule has 1 N–H and O–H groups in total. The molecule has 1 unspecified atom stereocenters. The molecule has 1 atom stereocenters. The van der Waals surface area contributed by atoms with Crippen molar-refractivity contribution >= 4 is 34.5 Å². The molecule has 0 saturated carbocycles. The molecule has 2 heterocycles. The van der Waals surface area contributed by atoms with Gasteiger partial charge >= 0.3 is 5.97 Å². The molecule has 1 aliphatic rings. The van der Waals surface area contributed by atoms with Crippen LogP contribution in [-0.2, 0) is 9.53 Å². The molecule has 22 heavy (non-hydrogen) atoms. The van der Waals surface area contributed by atoms with E-state index < -0.39 is 0 Å². The predicted molar refractivity (Wildman–Crippen MR) is 90.3 cm³/mol. The third-order valence-corrected chi connectivity index (χ3v) is 4.47. The second kappa shape index (κ2) is 6.07. The van der Waals surface area contributed by atoms with Gasteiger partial charge in [0, 0.05) is 9.27 Å². The third kappa shape index (κ3) is 2.49. The van der Waals surface area contributed by atoms with E-state index in [1.165, 1.54) is 6.33 Å². The molecule has 1 aromatic carbocycles. The molecule has 2 aromatic rings. The SMILES string of the molecule is CCOC(=O)C1=C(C)Nc2ncnn2C1c1ccccc1I. The lowest BCUT2D eigenvalue weighted by Crippen LogP contribution is -2.30. The van der Waals surface area contributed by atoms with Crippen LogP contribution in [0.15, 0.2) is 41.9 Å². The number of halogens is 1. The fourth-order valence-corrected chi connectivity index (χ4v) is 3.23. The first-order valence-electron chi connectivity index (χ1n) is 6.92. The number of anilines is 1. The largest absolute Gasteiger partial charge is 0.463 e. The molecule has 3 rings (SSSR count). The highest BCUT2D eigenvalue weighted by atomic mass is 127. The molecule has 0 spiro atoms. The fourth-order valence-electron chi connectivity index (χ4n) is 2.55. The van der Waals surface area contributed by atoms with E-state index in [0.29, 0.717) is 18.1 Å². The lowest BCUT2D eigenvalue weighted by atomic mass is 9.96. The quantitative estimate of drug-likeness (QED) is 0.623. The number of esters is 1. The van der Waals surface area contributed by atoms with Crippen LogP contribution in [0.4, 0.5) is 5.95 Å². The zero-order valence-corrected chi connectivity index (χ0v) is 14.4. The summed E-state index contributed by atoms with van der Waals surface area (Å²) in [4.78, 5) is 16.7. The Balaban J connectivity index is 2.18. The number of benzene rings is 1. The van der Waals surface area contributed by atoms with Crippen LogP contribution in [0.5, 0.6) is 0 Å². The maximum atomic E-state index is 12.5. The van der Waals surface area contributed by atoms with Gasteiger partial charge in [0.15, 0.2) is 0 Å². The van der Waals surface area contributed by atoms with E-state index in [1.54, 1.807) is 11.6 Å². The van der Waals surface area contributed by atoms with E-state index in [4.69, 9.17) is 4.74 Å². The average Bonchev–Trinajstić information content (AvgIpc) is 2.94. The van der Waals surface area contributed by atoms with Crippen LogP contribution in [0.3, 0.4) is 0 Å². The van der Waals surface area contributed by atoms with Crippen molar-refractivity contribution in [2.24, 2.45) is 0 Å². The van der Waals surface area contributed by atoms with Crippen molar-refractivity contribution in [3.63, 3.8) is 0 Å². The van der Waals surface area contributed by atoms with Crippen LogP contribution >= 0.6 is 22.6 Å². The van der Waals surface area contributed by atoms with Gasteiger partial charge in [0.2, 0.25) is 5.95 Å². The molecule has 0 fully saturated rings. The van der Waals surface area contributed by atoms with Crippen LogP contribution in [-0.4, -0.2) is 27.3 Å². The van der Waals surface area contributed by atoms with Gasteiger partial charge in [-0.15, -0.1) is 0 Å². The van der Waals surface area contributed by atoms with Crippen molar-refractivity contribution in [3.05, 3.63) is 51.0 Å². The first-order chi connectivity index (χ1) is 10.6. The Labute approximate surface area is 141 Å². The van der Waals surface area contributed by atoms with E-state index in [-0.39, 0.29) is 12.0 Å². The van der Waals surface area contributed by atoms with Gasteiger partial charge in [-0.25, -0.2) is 9.48 Å². The number of fused-ring (bicyclic) bond motifs is 1. The molecule has 1 aliphatic heterocycles. The summed E-state index contributed by atoms with van der Waals surface area (Å²) in [6, 6.07) is 7.58. The van der Waals surface area contributed by atoms with E-state index in [0.717, 1.165) is 14.8 Å². The van der Waals surface area contributed by atoms with Gasteiger partial charge in [0.1, 0.15) is 12.4 Å². The highest BCUT2D eigenvalue weighted by Gasteiger charge is 2.35. The van der Waals surface area contributed by atoms with Gasteiger partial charge in [-0.1, -0.05) is 18.2 Å². The van der Waals surface area contributed by atoms with Crippen molar-refractivity contribution in [2.45, 2.75) is 19.9 Å². The Kier molecular flexibility index (Phi) is 4.14. The molecule has 0 saturated heterocycles. The third-order valence-electron chi connectivity index (χ3n) is 3.49. The Morgan fingerprint density at radius 3 is 2.95 bits per heavy atom. The zero-order chi connectivity index (χ0) is 15.7. The van der Waals surface area contributed by atoms with Crippen LogP contribution < -0.4 is 5.32 Å². The normalized spacial score (nSPS) is 17.0. The molecule has 1 aromatic heterocycles. The average molecular weight is 410 g/mol. The summed E-state index contributed by atoms with van der Waals surface area (Å²) in [5.74, 6) is 0.286. The zero-order valence-electron chi connectivity index (χ0n) is 12.2. The number of nitrogens with one attached hydrogen (secondary N) is 1. The summed E-state index contributed by atoms with van der Waals surface area (Å²) in [5.41, 5.74) is 2.30. The maximum absolute atomic E-state index is 12.5. The second-order valence-corrected chi connectivity index (χ2v) is 6.00. The number of carbonyl (C=O) groups is 1. The second-order valence-electron chi connectivity index (χ2n) is 4.84. The van der Waals surface area contributed by atoms with Gasteiger partial charge in [-0.3, -0.25) is 0 Å². The number of nitrogens with zero attached hydrogens (tertiary/aromatic N) is 3. The first kappa shape index (κ1) is 15.0. The topological polar surface area (TPSA) is 69.0 Å².